The molecule has 2 saturated carbocycles. The zero-order chi connectivity index (χ0) is 39.0. The predicted octanol–water partition coefficient (Wildman–Crippen LogP) is 6.54. The number of hydrogen-bond donors (Lipinski definition) is 1. The minimum Gasteiger partial charge on any atom is -0.490 e. The Labute approximate surface area is 334 Å². The van der Waals surface area contributed by atoms with Gasteiger partial charge in [0.25, 0.3) is 5.91 Å². The molecule has 1 spiro atoms. The lowest BCUT2D eigenvalue weighted by Crippen LogP contribution is -2.59. The van der Waals surface area contributed by atoms with Crippen molar-refractivity contribution in [3.8, 4) is 5.75 Å². The first kappa shape index (κ1) is 40.5. The number of anilines is 1. The number of ether oxygens (including phenoxy) is 3. The predicted molar refractivity (Wildman–Crippen MR) is 219 cm³/mol. The van der Waals surface area contributed by atoms with Gasteiger partial charge in [-0.05, 0) is 112 Å². The van der Waals surface area contributed by atoms with Crippen molar-refractivity contribution in [1.29, 1.82) is 0 Å². The van der Waals surface area contributed by atoms with Crippen molar-refractivity contribution in [1.82, 2.24) is 14.5 Å². The molecule has 1 aromatic carbocycles. The first-order chi connectivity index (χ1) is 26.4. The third-order valence-corrected chi connectivity index (χ3v) is 16.2. The quantitative estimate of drug-likeness (QED) is 0.333. The normalized spacial score (nSPS) is 36.2. The Hall–Kier alpha value is -2.67. The number of halogens is 1. The highest BCUT2D eigenvalue weighted by atomic mass is 35.5. The highest BCUT2D eigenvalue weighted by Gasteiger charge is 2.49. The number of nitrogens with zero attached hydrogens (tertiary/aromatic N) is 3. The maximum absolute atomic E-state index is 13.7. The molecule has 2 bridgehead atoms. The number of amides is 1. The second-order valence-electron chi connectivity index (χ2n) is 17.0. The summed E-state index contributed by atoms with van der Waals surface area (Å²) in [5.41, 5.74) is 2.42. The van der Waals surface area contributed by atoms with Crippen molar-refractivity contribution in [2.24, 2.45) is 23.2 Å². The Balaban J connectivity index is 1.25. The van der Waals surface area contributed by atoms with Crippen molar-refractivity contribution >= 4 is 33.2 Å². The van der Waals surface area contributed by atoms with Crippen LogP contribution in [-0.2, 0) is 19.5 Å². The molecule has 12 heteroatoms. The molecule has 0 radical (unpaired) electrons. The van der Waals surface area contributed by atoms with Gasteiger partial charge in [-0.15, -0.1) is 0 Å². The number of sulfonamides is 1. The van der Waals surface area contributed by atoms with Gasteiger partial charge in [0.15, 0.2) is 0 Å². The van der Waals surface area contributed by atoms with Crippen molar-refractivity contribution in [2.75, 3.05) is 77.6 Å². The second kappa shape index (κ2) is 16.7. The molecule has 1 aromatic rings. The Morgan fingerprint density at radius 3 is 2.78 bits per heavy atom. The summed E-state index contributed by atoms with van der Waals surface area (Å²) >= 11 is 6.54. The van der Waals surface area contributed by atoms with E-state index in [2.05, 4.69) is 38.2 Å². The number of allylic oxidation sites excluding steroid dienone is 5. The standard InChI is InChI=1S/C43H61ClN4O6S/c1-6-36(44)23-33-10-8-15-42(31(33)3)28-48-25-35-11-13-38(35)43(52-5,17-18-46-19-20-47-21-22-53-27-37(47)26-46)16-7-9-30(2)32(4)55(50,51)45-41(49)34-12-14-40(54-29-42)39(48)24-34/h6-7,12,14,16,23-24,30,32,35,37-38H,3,8-11,13,15,17-22,25-29H2,1-2,4-5H3,(H,45,49)/b16-7+,33-23-,36-6+/t30-,32+,35-,37-,38+,42-,43-/m0/s1. The van der Waals surface area contributed by atoms with Crippen LogP contribution in [-0.4, -0.2) is 114 Å². The molecular formula is C43H61ClN4O6S. The maximum atomic E-state index is 13.7. The Morgan fingerprint density at radius 1 is 1.18 bits per heavy atom. The summed E-state index contributed by atoms with van der Waals surface area (Å²) in [6, 6.07) is 5.75. The van der Waals surface area contributed by atoms with Crippen LogP contribution >= 0.6 is 11.6 Å². The monoisotopic (exact) mass is 796 g/mol. The van der Waals surface area contributed by atoms with Crippen LogP contribution in [0.5, 0.6) is 5.75 Å². The fraction of sp³-hybridized carbons (Fsp3) is 0.651. The van der Waals surface area contributed by atoms with E-state index >= 15 is 0 Å². The lowest BCUT2D eigenvalue weighted by atomic mass is 9.62. The summed E-state index contributed by atoms with van der Waals surface area (Å²) in [5, 5.41) is -0.0897. The summed E-state index contributed by atoms with van der Waals surface area (Å²) in [6.07, 6.45) is 14.7. The number of carbonyl (C=O) groups excluding carboxylic acids is 1. The molecule has 4 fully saturated rings. The lowest BCUT2D eigenvalue weighted by Gasteiger charge is -2.51. The molecule has 7 rings (SSSR count). The number of nitrogens with one attached hydrogen (secondary N) is 1. The van der Waals surface area contributed by atoms with E-state index in [1.54, 1.807) is 13.0 Å². The fourth-order valence-electron chi connectivity index (χ4n) is 9.94. The highest BCUT2D eigenvalue weighted by molar-refractivity contribution is 7.90. The molecule has 55 heavy (non-hydrogen) atoms. The summed E-state index contributed by atoms with van der Waals surface area (Å²) in [7, 11) is -2.12. The van der Waals surface area contributed by atoms with E-state index in [1.165, 1.54) is 0 Å². The second-order valence-corrected chi connectivity index (χ2v) is 19.5. The number of benzene rings is 1. The van der Waals surface area contributed by atoms with Crippen molar-refractivity contribution in [3.63, 3.8) is 0 Å². The van der Waals surface area contributed by atoms with E-state index in [-0.39, 0.29) is 17.3 Å². The molecule has 10 nitrogen and oxygen atoms in total. The zero-order valence-electron chi connectivity index (χ0n) is 33.2. The van der Waals surface area contributed by atoms with Crippen LogP contribution in [0.25, 0.3) is 0 Å². The van der Waals surface area contributed by atoms with Gasteiger partial charge in [0.05, 0.1) is 36.4 Å². The van der Waals surface area contributed by atoms with E-state index in [0.29, 0.717) is 47.9 Å². The summed E-state index contributed by atoms with van der Waals surface area (Å²) in [5.74, 6) is 0.415. The molecule has 4 heterocycles. The van der Waals surface area contributed by atoms with Gasteiger partial charge in [0, 0.05) is 75.0 Å². The molecule has 0 unspecified atom stereocenters. The van der Waals surface area contributed by atoms with Crippen LogP contribution in [0, 0.1) is 23.2 Å². The van der Waals surface area contributed by atoms with E-state index in [4.69, 9.17) is 25.8 Å². The van der Waals surface area contributed by atoms with Crippen LogP contribution in [0.4, 0.5) is 5.69 Å². The van der Waals surface area contributed by atoms with E-state index in [9.17, 15) is 13.2 Å². The van der Waals surface area contributed by atoms with E-state index in [1.807, 2.05) is 45.2 Å². The molecular weight excluding hydrogens is 736 g/mol. The first-order valence-electron chi connectivity index (χ1n) is 20.4. The van der Waals surface area contributed by atoms with Gasteiger partial charge in [-0.1, -0.05) is 43.3 Å². The Kier molecular flexibility index (Phi) is 12.3. The summed E-state index contributed by atoms with van der Waals surface area (Å²) in [6.45, 7) is 18.7. The molecule has 1 amide bonds. The van der Waals surface area contributed by atoms with Gasteiger partial charge < -0.3 is 24.0 Å². The van der Waals surface area contributed by atoms with Crippen molar-refractivity contribution in [2.45, 2.75) is 82.6 Å². The number of rotatable bonds is 5. The molecule has 2 saturated heterocycles. The Bertz CT molecular complexity index is 1810. The van der Waals surface area contributed by atoms with Crippen LogP contribution in [0.1, 0.15) is 76.1 Å². The average Bonchev–Trinajstić information content (AvgIpc) is 3.32. The average molecular weight is 798 g/mol. The van der Waals surface area contributed by atoms with Gasteiger partial charge in [0.2, 0.25) is 10.0 Å². The molecule has 1 N–H and O–H groups in total. The van der Waals surface area contributed by atoms with Gasteiger partial charge >= 0.3 is 0 Å². The molecule has 0 aromatic heterocycles. The SMILES string of the molecule is C=C1/C(=C\C(Cl)=C/C)CCC[C@]12COc1ccc3cc1N(C[C@@H]1CC[C@H]1[C@](CCN1CCN4CCOC[C@@H]4C1)(OC)/C=C/C[C@H](C)[C@@H](C)S(=O)(=O)NC3=O)C2. The highest BCUT2D eigenvalue weighted by Crippen LogP contribution is 2.51. The molecule has 7 atom stereocenters. The van der Waals surface area contributed by atoms with Crippen LogP contribution < -0.4 is 14.4 Å². The van der Waals surface area contributed by atoms with E-state index in [0.717, 1.165) is 108 Å². The van der Waals surface area contributed by atoms with Gasteiger partial charge in [-0.3, -0.25) is 9.69 Å². The summed E-state index contributed by atoms with van der Waals surface area (Å²) < 4.78 is 48.9. The van der Waals surface area contributed by atoms with Crippen molar-refractivity contribution in [3.05, 3.63) is 70.8 Å². The number of morpholine rings is 1. The lowest BCUT2D eigenvalue weighted by molar-refractivity contribution is -0.0898. The number of fused-ring (bicyclic) bond motifs is 3. The number of methoxy groups -OCH3 is 1. The molecule has 4 aliphatic heterocycles. The third kappa shape index (κ3) is 8.35. The summed E-state index contributed by atoms with van der Waals surface area (Å²) in [4.78, 5) is 21.2. The zero-order valence-corrected chi connectivity index (χ0v) is 34.8. The molecule has 302 valence electrons. The fourth-order valence-corrected chi connectivity index (χ4v) is 11.4. The topological polar surface area (TPSA) is 101 Å². The first-order valence-corrected chi connectivity index (χ1v) is 22.4. The Morgan fingerprint density at radius 2 is 2.02 bits per heavy atom. The largest absolute Gasteiger partial charge is 0.490 e. The minimum atomic E-state index is -3.97. The number of piperazine rings is 1. The molecule has 2 aliphatic carbocycles. The van der Waals surface area contributed by atoms with Gasteiger partial charge in [0.1, 0.15) is 5.75 Å². The third-order valence-electron chi connectivity index (χ3n) is 13.9. The van der Waals surface area contributed by atoms with Crippen LogP contribution in [0.15, 0.2) is 65.3 Å². The van der Waals surface area contributed by atoms with E-state index < -0.39 is 26.8 Å². The van der Waals surface area contributed by atoms with Crippen LogP contribution in [0.2, 0.25) is 0 Å². The molecule has 6 aliphatic rings. The number of carbonyl (C=O) groups is 1. The van der Waals surface area contributed by atoms with Crippen molar-refractivity contribution < 1.29 is 27.4 Å². The number of hydrogen-bond acceptors (Lipinski definition) is 9. The smallest absolute Gasteiger partial charge is 0.264 e. The van der Waals surface area contributed by atoms with Gasteiger partial charge in [-0.25, -0.2) is 13.1 Å². The van der Waals surface area contributed by atoms with Gasteiger partial charge in [-0.2, -0.15) is 0 Å². The van der Waals surface area contributed by atoms with Crippen LogP contribution in [0.3, 0.4) is 0 Å². The maximum Gasteiger partial charge on any atom is 0.264 e. The minimum absolute atomic E-state index is 0.224.